The van der Waals surface area contributed by atoms with Gasteiger partial charge in [-0.15, -0.1) is 11.3 Å². The summed E-state index contributed by atoms with van der Waals surface area (Å²) < 4.78 is 17.8. The zero-order valence-corrected chi connectivity index (χ0v) is 26.2. The van der Waals surface area contributed by atoms with Gasteiger partial charge in [0.2, 0.25) is 0 Å². The lowest BCUT2D eigenvalue weighted by molar-refractivity contribution is 0.102. The molecule has 2 aromatic heterocycles. The smallest absolute Gasteiger partial charge is 0.258 e. The summed E-state index contributed by atoms with van der Waals surface area (Å²) in [6.45, 7) is 7.77. The minimum absolute atomic E-state index is 0.130. The van der Waals surface area contributed by atoms with Gasteiger partial charge in [0.1, 0.15) is 33.2 Å². The number of halogens is 3. The maximum atomic E-state index is 13.3. The first-order valence-corrected chi connectivity index (χ1v) is 14.8. The number of hydrogen-bond donors (Lipinski definition) is 2. The van der Waals surface area contributed by atoms with Crippen molar-refractivity contribution in [2.75, 3.05) is 51.1 Å². The molecule has 1 amide bonds. The fraction of sp³-hybridized carbons (Fsp3) is 0.296. The molecule has 0 saturated carbocycles. The molecule has 4 aromatic rings. The number of carbonyl (C=O) groups is 1. The van der Waals surface area contributed by atoms with Gasteiger partial charge < -0.3 is 29.7 Å². The van der Waals surface area contributed by atoms with Crippen LogP contribution in [0.15, 0.2) is 40.4 Å². The highest BCUT2D eigenvalue weighted by Gasteiger charge is 2.25. The zero-order chi connectivity index (χ0) is 28.8. The highest BCUT2D eigenvalue weighted by Crippen LogP contribution is 2.50. The first-order valence-electron chi connectivity index (χ1n) is 12.4. The van der Waals surface area contributed by atoms with Gasteiger partial charge in [-0.3, -0.25) is 4.79 Å². The summed E-state index contributed by atoms with van der Waals surface area (Å²) >= 11 is 17.7. The van der Waals surface area contributed by atoms with Crippen LogP contribution in [0.25, 0.3) is 10.2 Å². The molecule has 0 bridgehead atoms. The topological polar surface area (TPSA) is 97.8 Å². The molecule has 13 heteroatoms. The minimum Gasteiger partial charge on any atom is -0.494 e. The Morgan fingerprint density at radius 3 is 2.30 bits per heavy atom. The van der Waals surface area contributed by atoms with Crippen molar-refractivity contribution >= 4 is 83.8 Å². The molecule has 0 spiro atoms. The Morgan fingerprint density at radius 2 is 1.70 bits per heavy atom. The van der Waals surface area contributed by atoms with Gasteiger partial charge in [-0.2, -0.15) is 0 Å². The minimum atomic E-state index is -0.447. The molecule has 9 nitrogen and oxygen atoms in total. The van der Waals surface area contributed by atoms with E-state index in [0.717, 1.165) is 35.8 Å². The maximum absolute atomic E-state index is 13.3. The van der Waals surface area contributed by atoms with Crippen LogP contribution in [0.5, 0.6) is 17.2 Å². The molecule has 2 N–H and O–H groups in total. The summed E-state index contributed by atoms with van der Waals surface area (Å²) in [4.78, 5) is 24.4. The second-order valence-electron chi connectivity index (χ2n) is 8.41. The number of aromatic nitrogens is 2. The Balaban J connectivity index is 1.52. The molecule has 0 aliphatic carbocycles. The van der Waals surface area contributed by atoms with Crippen LogP contribution in [0.2, 0.25) is 10.0 Å². The Hall–Kier alpha value is -2.83. The Labute approximate surface area is 254 Å². The number of rotatable bonds is 12. The van der Waals surface area contributed by atoms with E-state index in [9.17, 15) is 4.79 Å². The standard InChI is InChI=1S/C27H28BrCl2N5O4S/c1-5-35(6-2)11-12-39-16-9-7-15(8-10-16)33-26-25-21(31-14-32-26)17(13-40-25)27(36)34-22-19(29)23(37-3)18(28)24(38-4)20(22)30/h7-10,13-14H,5-6,11-12H2,1-4H3,(H,34,36)(H,31,32,33). The predicted octanol–water partition coefficient (Wildman–Crippen LogP) is 7.49. The molecule has 0 fully saturated rings. The highest BCUT2D eigenvalue weighted by molar-refractivity contribution is 9.10. The number of likely N-dealkylation sites (N-methyl/N-ethyl adjacent to an activating group) is 1. The number of amides is 1. The molecular weight excluding hydrogens is 641 g/mol. The summed E-state index contributed by atoms with van der Waals surface area (Å²) in [6.07, 6.45) is 1.41. The molecule has 40 heavy (non-hydrogen) atoms. The fourth-order valence-electron chi connectivity index (χ4n) is 3.97. The zero-order valence-electron chi connectivity index (χ0n) is 22.3. The second-order valence-corrected chi connectivity index (χ2v) is 10.8. The summed E-state index contributed by atoms with van der Waals surface area (Å²) in [5.41, 5.74) is 1.81. The van der Waals surface area contributed by atoms with E-state index in [4.69, 9.17) is 37.4 Å². The van der Waals surface area contributed by atoms with E-state index in [1.54, 1.807) is 5.38 Å². The van der Waals surface area contributed by atoms with E-state index in [0.29, 0.717) is 28.0 Å². The van der Waals surface area contributed by atoms with E-state index in [1.165, 1.54) is 31.9 Å². The molecule has 0 saturated heterocycles. The molecule has 2 heterocycles. The van der Waals surface area contributed by atoms with Crippen LogP contribution in [0.1, 0.15) is 24.2 Å². The van der Waals surface area contributed by atoms with E-state index < -0.39 is 5.91 Å². The van der Waals surface area contributed by atoms with Crippen LogP contribution in [0, 0.1) is 0 Å². The molecule has 0 unspecified atom stereocenters. The van der Waals surface area contributed by atoms with Crippen LogP contribution in [0.3, 0.4) is 0 Å². The largest absolute Gasteiger partial charge is 0.494 e. The van der Waals surface area contributed by atoms with Crippen molar-refractivity contribution in [2.24, 2.45) is 0 Å². The van der Waals surface area contributed by atoms with E-state index in [-0.39, 0.29) is 27.2 Å². The van der Waals surface area contributed by atoms with Crippen LogP contribution in [-0.4, -0.2) is 61.2 Å². The fourth-order valence-corrected chi connectivity index (χ4v) is 6.54. The summed E-state index contributed by atoms with van der Waals surface area (Å²) in [6, 6.07) is 7.65. The van der Waals surface area contributed by atoms with Gasteiger partial charge in [-0.25, -0.2) is 9.97 Å². The van der Waals surface area contributed by atoms with Crippen molar-refractivity contribution in [1.29, 1.82) is 0 Å². The first kappa shape index (κ1) is 30.1. The number of methoxy groups -OCH3 is 2. The summed E-state index contributed by atoms with van der Waals surface area (Å²) in [7, 11) is 2.91. The van der Waals surface area contributed by atoms with Gasteiger partial charge in [0, 0.05) is 17.6 Å². The van der Waals surface area contributed by atoms with Crippen LogP contribution in [-0.2, 0) is 0 Å². The molecule has 0 atom stereocenters. The Morgan fingerprint density at radius 1 is 1.05 bits per heavy atom. The SMILES string of the molecule is CCN(CC)CCOc1ccc(Nc2ncnc3c(C(=O)Nc4c(Cl)c(OC)c(Br)c(OC)c4Cl)csc23)cc1. The van der Waals surface area contributed by atoms with Crippen LogP contribution >= 0.6 is 50.5 Å². The van der Waals surface area contributed by atoms with E-state index >= 15 is 0 Å². The summed E-state index contributed by atoms with van der Waals surface area (Å²) in [5.74, 6) is 1.48. The van der Waals surface area contributed by atoms with Crippen molar-refractivity contribution in [2.45, 2.75) is 13.8 Å². The number of carbonyl (C=O) groups excluding carboxylic acids is 1. The third-order valence-corrected chi connectivity index (χ3v) is 8.59. The van der Waals surface area contributed by atoms with E-state index in [2.05, 4.69) is 55.3 Å². The third-order valence-electron chi connectivity index (χ3n) is 6.17. The quantitative estimate of drug-likeness (QED) is 0.160. The second kappa shape index (κ2) is 13.7. The average molecular weight is 669 g/mol. The monoisotopic (exact) mass is 667 g/mol. The number of ether oxygens (including phenoxy) is 3. The van der Waals surface area contributed by atoms with Gasteiger partial charge in [0.15, 0.2) is 17.3 Å². The lowest BCUT2D eigenvalue weighted by atomic mass is 10.2. The van der Waals surface area contributed by atoms with E-state index in [1.807, 2.05) is 24.3 Å². The Kier molecular flexibility index (Phi) is 10.3. The van der Waals surface area contributed by atoms with Gasteiger partial charge >= 0.3 is 0 Å². The van der Waals surface area contributed by atoms with Crippen molar-refractivity contribution in [1.82, 2.24) is 14.9 Å². The molecule has 0 aliphatic heterocycles. The molecule has 0 aliphatic rings. The normalized spacial score (nSPS) is 11.1. The van der Waals surface area contributed by atoms with Crippen molar-refractivity contribution in [3.05, 3.63) is 56.1 Å². The van der Waals surface area contributed by atoms with Crippen molar-refractivity contribution in [3.8, 4) is 17.2 Å². The number of nitrogens with one attached hydrogen (secondary N) is 2. The van der Waals surface area contributed by atoms with Gasteiger partial charge in [-0.1, -0.05) is 37.0 Å². The first-order chi connectivity index (χ1) is 19.3. The van der Waals surface area contributed by atoms with Gasteiger partial charge in [-0.05, 0) is 53.3 Å². The van der Waals surface area contributed by atoms with Crippen molar-refractivity contribution in [3.63, 3.8) is 0 Å². The molecule has 0 radical (unpaired) electrons. The van der Waals surface area contributed by atoms with Crippen LogP contribution in [0.4, 0.5) is 17.2 Å². The lowest BCUT2D eigenvalue weighted by Gasteiger charge is -2.18. The molecule has 212 valence electrons. The van der Waals surface area contributed by atoms with Gasteiger partial charge in [0.25, 0.3) is 5.91 Å². The summed E-state index contributed by atoms with van der Waals surface area (Å²) in [5, 5.41) is 8.06. The van der Waals surface area contributed by atoms with Gasteiger partial charge in [0.05, 0.1) is 35.7 Å². The third kappa shape index (κ3) is 6.39. The number of hydrogen-bond acceptors (Lipinski definition) is 9. The maximum Gasteiger partial charge on any atom is 0.258 e. The number of nitrogens with zero attached hydrogens (tertiary/aromatic N) is 3. The number of thiophene rings is 1. The average Bonchev–Trinajstić information content (AvgIpc) is 3.40. The van der Waals surface area contributed by atoms with Crippen LogP contribution < -0.4 is 24.8 Å². The molecule has 4 rings (SSSR count). The number of benzene rings is 2. The molecule has 2 aromatic carbocycles. The molecular formula is C27H28BrCl2N5O4S. The van der Waals surface area contributed by atoms with Crippen molar-refractivity contribution < 1.29 is 19.0 Å². The number of fused-ring (bicyclic) bond motifs is 1. The highest BCUT2D eigenvalue weighted by atomic mass is 79.9. The Bertz CT molecular complexity index is 1470. The predicted molar refractivity (Wildman–Crippen MR) is 166 cm³/mol. The lowest BCUT2D eigenvalue weighted by Crippen LogP contribution is -2.27. The number of anilines is 3.